The summed E-state index contributed by atoms with van der Waals surface area (Å²) in [7, 11) is 1.91. The molecular formula is C12H16O5S. The minimum Gasteiger partial charge on any atom is -0.465 e. The highest BCUT2D eigenvalue weighted by Gasteiger charge is 2.16. The van der Waals surface area contributed by atoms with Crippen molar-refractivity contribution in [2.24, 2.45) is 0 Å². The summed E-state index contributed by atoms with van der Waals surface area (Å²) in [6.07, 6.45) is 3.28. The molecule has 0 unspecified atom stereocenters. The zero-order valence-corrected chi connectivity index (χ0v) is 11.6. The van der Waals surface area contributed by atoms with Crippen LogP contribution in [-0.2, 0) is 20.3 Å². The molecule has 0 aliphatic carbocycles. The van der Waals surface area contributed by atoms with E-state index in [2.05, 4.69) is 9.47 Å². The average molecular weight is 272 g/mol. The lowest BCUT2D eigenvalue weighted by Gasteiger charge is -2.04. The van der Waals surface area contributed by atoms with Gasteiger partial charge in [0.15, 0.2) is 0 Å². The summed E-state index contributed by atoms with van der Waals surface area (Å²) in [6, 6.07) is 6.33. The van der Waals surface area contributed by atoms with E-state index in [1.165, 1.54) is 26.4 Å². The molecule has 6 heteroatoms. The monoisotopic (exact) mass is 272 g/mol. The van der Waals surface area contributed by atoms with Crippen molar-refractivity contribution in [2.75, 3.05) is 26.7 Å². The van der Waals surface area contributed by atoms with Gasteiger partial charge in [-0.3, -0.25) is 4.21 Å². The second kappa shape index (κ2) is 8.41. The van der Waals surface area contributed by atoms with Gasteiger partial charge in [-0.1, -0.05) is 12.1 Å². The van der Waals surface area contributed by atoms with Crippen molar-refractivity contribution < 1.29 is 23.3 Å². The Hall–Kier alpha value is -1.69. The lowest BCUT2D eigenvalue weighted by molar-refractivity contribution is 0.0555. The normalized spacial score (nSPS) is 9.17. The largest absolute Gasteiger partial charge is 0.465 e. The molecule has 0 aliphatic rings. The van der Waals surface area contributed by atoms with Crippen LogP contribution >= 0.6 is 0 Å². The van der Waals surface area contributed by atoms with E-state index in [9.17, 15) is 13.8 Å². The fraction of sp³-hybridized carbons (Fsp3) is 0.333. The molecule has 0 heterocycles. The molecule has 0 atom stereocenters. The van der Waals surface area contributed by atoms with Gasteiger partial charge in [0.2, 0.25) is 0 Å². The maximum Gasteiger partial charge on any atom is 0.338 e. The lowest BCUT2D eigenvalue weighted by Crippen LogP contribution is -2.11. The van der Waals surface area contributed by atoms with Gasteiger partial charge in [-0.15, -0.1) is 0 Å². The molecule has 0 bridgehead atoms. The Morgan fingerprint density at radius 2 is 1.22 bits per heavy atom. The molecule has 0 spiro atoms. The number of ether oxygens (including phenoxy) is 2. The summed E-state index contributed by atoms with van der Waals surface area (Å²) in [5.41, 5.74) is 0.420. The molecule has 0 aliphatic heterocycles. The van der Waals surface area contributed by atoms with Gasteiger partial charge in [0.25, 0.3) is 0 Å². The predicted molar refractivity (Wildman–Crippen MR) is 69.1 cm³/mol. The molecule has 0 saturated carbocycles. The van der Waals surface area contributed by atoms with E-state index in [0.717, 1.165) is 0 Å². The van der Waals surface area contributed by atoms with E-state index in [1.807, 2.05) is 0 Å². The van der Waals surface area contributed by atoms with Crippen LogP contribution in [0.5, 0.6) is 0 Å². The van der Waals surface area contributed by atoms with Crippen molar-refractivity contribution in [3.05, 3.63) is 35.4 Å². The highest BCUT2D eigenvalue weighted by Crippen LogP contribution is 2.10. The van der Waals surface area contributed by atoms with E-state index in [4.69, 9.17) is 0 Å². The van der Waals surface area contributed by atoms with Crippen molar-refractivity contribution in [2.45, 2.75) is 0 Å². The van der Waals surface area contributed by atoms with Crippen molar-refractivity contribution in [3.8, 4) is 0 Å². The topological polar surface area (TPSA) is 69.7 Å². The Kier molecular flexibility index (Phi) is 7.62. The Morgan fingerprint density at radius 3 is 1.44 bits per heavy atom. The van der Waals surface area contributed by atoms with Gasteiger partial charge in [-0.25, -0.2) is 9.59 Å². The third-order valence-electron chi connectivity index (χ3n) is 1.74. The maximum absolute atomic E-state index is 11.2. The summed E-state index contributed by atoms with van der Waals surface area (Å²) >= 11 is 0. The van der Waals surface area contributed by atoms with E-state index in [-0.39, 0.29) is 11.1 Å². The first-order valence-electron chi connectivity index (χ1n) is 4.94. The molecule has 1 aromatic carbocycles. The van der Waals surface area contributed by atoms with Gasteiger partial charge >= 0.3 is 11.9 Å². The highest BCUT2D eigenvalue weighted by molar-refractivity contribution is 7.83. The first kappa shape index (κ1) is 16.3. The van der Waals surface area contributed by atoms with E-state index < -0.39 is 22.7 Å². The maximum atomic E-state index is 11.2. The molecule has 0 amide bonds. The molecule has 100 valence electrons. The van der Waals surface area contributed by atoms with Crippen molar-refractivity contribution in [1.29, 1.82) is 0 Å². The molecule has 0 fully saturated rings. The number of hydrogen-bond donors (Lipinski definition) is 0. The zero-order chi connectivity index (χ0) is 14.1. The van der Waals surface area contributed by atoms with Crippen LogP contribution in [0.3, 0.4) is 0 Å². The number of carbonyl (C=O) groups is 2. The predicted octanol–water partition coefficient (Wildman–Crippen LogP) is 1.25. The highest BCUT2D eigenvalue weighted by atomic mass is 32.2. The van der Waals surface area contributed by atoms with Gasteiger partial charge in [0, 0.05) is 23.3 Å². The number of benzene rings is 1. The van der Waals surface area contributed by atoms with Gasteiger partial charge in [0.05, 0.1) is 25.3 Å². The van der Waals surface area contributed by atoms with Gasteiger partial charge < -0.3 is 9.47 Å². The summed E-state index contributed by atoms with van der Waals surface area (Å²) in [5, 5.41) is 0. The Balaban J connectivity index is 0.000000631. The molecule has 18 heavy (non-hydrogen) atoms. The number of rotatable bonds is 2. The van der Waals surface area contributed by atoms with Crippen LogP contribution in [0, 0.1) is 0 Å². The molecule has 0 aromatic heterocycles. The number of methoxy groups -OCH3 is 2. The lowest BCUT2D eigenvalue weighted by atomic mass is 10.1. The molecule has 0 N–H and O–H groups in total. The fourth-order valence-electron chi connectivity index (χ4n) is 1.06. The number of esters is 2. The van der Waals surface area contributed by atoms with Gasteiger partial charge in [-0.05, 0) is 12.1 Å². The summed E-state index contributed by atoms with van der Waals surface area (Å²) in [5.74, 6) is -1.10. The van der Waals surface area contributed by atoms with Crippen LogP contribution in [0.4, 0.5) is 0 Å². The molecule has 0 saturated heterocycles. The third-order valence-corrected chi connectivity index (χ3v) is 1.74. The molecule has 0 radical (unpaired) electrons. The van der Waals surface area contributed by atoms with Crippen LogP contribution in [0.25, 0.3) is 0 Å². The molecule has 5 nitrogen and oxygen atoms in total. The summed E-state index contributed by atoms with van der Waals surface area (Å²) < 4.78 is 18.6. The second-order valence-corrected chi connectivity index (χ2v) is 4.75. The number of carbonyl (C=O) groups excluding carboxylic acids is 2. The van der Waals surface area contributed by atoms with Crippen molar-refractivity contribution in [1.82, 2.24) is 0 Å². The Bertz CT molecular complexity index is 403. The Labute approximate surface area is 109 Å². The average Bonchev–Trinajstić information content (AvgIpc) is 2.36. The fourth-order valence-corrected chi connectivity index (χ4v) is 1.06. The number of hydrogen-bond acceptors (Lipinski definition) is 5. The first-order chi connectivity index (χ1) is 8.43. The van der Waals surface area contributed by atoms with Crippen LogP contribution in [0.15, 0.2) is 24.3 Å². The third kappa shape index (κ3) is 5.58. The van der Waals surface area contributed by atoms with Crippen LogP contribution < -0.4 is 0 Å². The van der Waals surface area contributed by atoms with Gasteiger partial charge in [-0.2, -0.15) is 0 Å². The van der Waals surface area contributed by atoms with Crippen molar-refractivity contribution in [3.63, 3.8) is 0 Å². The minimum atomic E-state index is -0.611. The van der Waals surface area contributed by atoms with Crippen LogP contribution in [-0.4, -0.2) is 42.9 Å². The molecule has 1 aromatic rings. The van der Waals surface area contributed by atoms with E-state index in [1.54, 1.807) is 24.6 Å². The Morgan fingerprint density at radius 1 is 0.944 bits per heavy atom. The standard InChI is InChI=1S/C10H10O4.C2H6OS/c1-13-9(11)7-5-3-4-6-8(7)10(12)14-2;1-4(2)3/h3-6H,1-2H3;1-2H3. The quantitative estimate of drug-likeness (QED) is 0.758. The summed E-state index contributed by atoms with van der Waals surface area (Å²) in [4.78, 5) is 22.4. The summed E-state index contributed by atoms with van der Waals surface area (Å²) in [6.45, 7) is 0. The zero-order valence-electron chi connectivity index (χ0n) is 10.8. The smallest absolute Gasteiger partial charge is 0.338 e. The van der Waals surface area contributed by atoms with E-state index in [0.29, 0.717) is 0 Å². The molecule has 1 rings (SSSR count). The van der Waals surface area contributed by atoms with Crippen LogP contribution in [0.2, 0.25) is 0 Å². The minimum absolute atomic E-state index is 0.210. The van der Waals surface area contributed by atoms with E-state index >= 15 is 0 Å². The van der Waals surface area contributed by atoms with Crippen molar-refractivity contribution >= 4 is 22.7 Å². The first-order valence-corrected chi connectivity index (χ1v) is 6.91. The molecular weight excluding hydrogens is 256 g/mol. The SMILES string of the molecule is COC(=O)c1ccccc1C(=O)OC.CS(C)=O. The second-order valence-electron chi connectivity index (χ2n) is 3.27. The van der Waals surface area contributed by atoms with Crippen LogP contribution in [0.1, 0.15) is 20.7 Å². The van der Waals surface area contributed by atoms with Gasteiger partial charge in [0.1, 0.15) is 0 Å².